The molecule has 0 bridgehead atoms. The number of hydrogen-bond donors (Lipinski definition) is 0. The van der Waals surface area contributed by atoms with E-state index in [1.807, 2.05) is 0 Å². The molecule has 4 aromatic rings. The van der Waals surface area contributed by atoms with E-state index >= 15 is 0 Å². The van der Waals surface area contributed by atoms with Crippen LogP contribution in [0.15, 0.2) is 121 Å². The summed E-state index contributed by atoms with van der Waals surface area (Å²) < 4.78 is 2.53. The lowest BCUT2D eigenvalue weighted by Crippen LogP contribution is -2.41. The Labute approximate surface area is 197 Å². The second kappa shape index (κ2) is 11.3. The van der Waals surface area contributed by atoms with Crippen LogP contribution in [0, 0.1) is 0 Å². The Balaban J connectivity index is 1.89. The summed E-state index contributed by atoms with van der Waals surface area (Å²) in [5.74, 6) is 0. The quantitative estimate of drug-likeness (QED) is 0.273. The number of nitrogens with zero attached hydrogens (tertiary/aromatic N) is 1. The van der Waals surface area contributed by atoms with Crippen LogP contribution in [0.2, 0.25) is 0 Å². The van der Waals surface area contributed by atoms with Gasteiger partial charge in [0.25, 0.3) is 0 Å². The van der Waals surface area contributed by atoms with E-state index in [2.05, 4.69) is 142 Å². The van der Waals surface area contributed by atoms with Gasteiger partial charge in [-0.3, -0.25) is 4.67 Å². The molecular formula is C28H31NP3+. The van der Waals surface area contributed by atoms with Crippen LogP contribution in [0.3, 0.4) is 0 Å². The standard InChI is InChI=1S/C28H31NP3/c1-29(31-30)25(22-24-14-6-2-7-15-24)23-32(26-16-8-3-9-17-26,27-18-10-4-11-19-27)28-20-12-5-13-21-28/h2-21,25,31H,22-23,30H2,1H3/q+1/t25-/m0/s1. The van der Waals surface area contributed by atoms with Crippen LogP contribution in [-0.2, 0) is 6.42 Å². The summed E-state index contributed by atoms with van der Waals surface area (Å²) >= 11 is 0. The molecule has 0 spiro atoms. The third-order valence-corrected chi connectivity index (χ3v) is 12.6. The third-order valence-electron chi connectivity index (χ3n) is 6.14. The molecule has 0 heterocycles. The molecule has 3 atom stereocenters. The van der Waals surface area contributed by atoms with Gasteiger partial charge in [-0.05, 0) is 63.9 Å². The zero-order valence-electron chi connectivity index (χ0n) is 18.5. The van der Waals surface area contributed by atoms with Gasteiger partial charge in [-0.2, -0.15) is 0 Å². The highest BCUT2D eigenvalue weighted by molar-refractivity contribution is 8.01. The van der Waals surface area contributed by atoms with Crippen LogP contribution >= 0.6 is 24.6 Å². The summed E-state index contributed by atoms with van der Waals surface area (Å²) in [6, 6.07) is 45.0. The van der Waals surface area contributed by atoms with Crippen molar-refractivity contribution >= 4 is 40.5 Å². The largest absolute Gasteiger partial charge is 0.277 e. The smallest absolute Gasteiger partial charge is 0.113 e. The van der Waals surface area contributed by atoms with Gasteiger partial charge in [0, 0.05) is 0 Å². The first-order valence-electron chi connectivity index (χ1n) is 11.0. The summed E-state index contributed by atoms with van der Waals surface area (Å²) in [5.41, 5.74) is 1.40. The van der Waals surface area contributed by atoms with E-state index in [1.165, 1.54) is 21.5 Å². The van der Waals surface area contributed by atoms with Gasteiger partial charge in [-0.25, -0.2) is 0 Å². The fourth-order valence-electron chi connectivity index (χ4n) is 4.44. The van der Waals surface area contributed by atoms with Gasteiger partial charge in [0.15, 0.2) is 0 Å². The zero-order valence-corrected chi connectivity index (χ0v) is 21.6. The first-order chi connectivity index (χ1) is 15.7. The minimum absolute atomic E-state index is 0.433. The van der Waals surface area contributed by atoms with Gasteiger partial charge in [-0.15, -0.1) is 0 Å². The lowest BCUT2D eigenvalue weighted by Gasteiger charge is -2.34. The monoisotopic (exact) mass is 474 g/mol. The van der Waals surface area contributed by atoms with Crippen LogP contribution in [0.1, 0.15) is 5.56 Å². The van der Waals surface area contributed by atoms with Crippen molar-refractivity contribution in [3.63, 3.8) is 0 Å². The van der Waals surface area contributed by atoms with Gasteiger partial charge in [0.2, 0.25) is 0 Å². The first kappa shape index (κ1) is 23.3. The Morgan fingerprint density at radius 2 is 1.03 bits per heavy atom. The molecule has 0 amide bonds. The van der Waals surface area contributed by atoms with Crippen LogP contribution in [-0.4, -0.2) is 23.9 Å². The molecular weight excluding hydrogens is 443 g/mol. The van der Waals surface area contributed by atoms with Crippen molar-refractivity contribution in [3.8, 4) is 0 Å². The fourth-order valence-corrected chi connectivity index (χ4v) is 10.2. The fraction of sp³-hybridized carbons (Fsp3) is 0.143. The molecule has 162 valence electrons. The van der Waals surface area contributed by atoms with Crippen molar-refractivity contribution in [3.05, 3.63) is 127 Å². The van der Waals surface area contributed by atoms with Gasteiger partial charge >= 0.3 is 0 Å². The van der Waals surface area contributed by atoms with Crippen molar-refractivity contribution < 1.29 is 0 Å². The molecule has 4 aromatic carbocycles. The average molecular weight is 474 g/mol. The molecule has 0 N–H and O–H groups in total. The average Bonchev–Trinajstić information content (AvgIpc) is 2.88. The Kier molecular flexibility index (Phi) is 8.24. The number of likely N-dealkylation sites (N-methyl/N-ethyl adjacent to an activating group) is 1. The maximum Gasteiger partial charge on any atom is 0.113 e. The number of rotatable bonds is 9. The molecule has 4 heteroatoms. The van der Waals surface area contributed by atoms with Crippen LogP contribution in [0.5, 0.6) is 0 Å². The topological polar surface area (TPSA) is 3.24 Å². The number of hydrogen-bond acceptors (Lipinski definition) is 1. The summed E-state index contributed by atoms with van der Waals surface area (Å²) in [5, 5.41) is 4.36. The van der Waals surface area contributed by atoms with Gasteiger partial charge in [-0.1, -0.05) is 93.9 Å². The second-order valence-electron chi connectivity index (χ2n) is 8.08. The minimum atomic E-state index is -1.86. The van der Waals surface area contributed by atoms with E-state index in [0.717, 1.165) is 12.6 Å². The molecule has 0 saturated heterocycles. The second-order valence-corrected chi connectivity index (χ2v) is 13.4. The molecule has 0 aliphatic heterocycles. The summed E-state index contributed by atoms with van der Waals surface area (Å²) in [6.45, 7) is 0. The lowest BCUT2D eigenvalue weighted by atomic mass is 10.1. The van der Waals surface area contributed by atoms with Crippen LogP contribution in [0.4, 0.5) is 0 Å². The molecule has 2 unspecified atom stereocenters. The maximum atomic E-state index is 2.95. The lowest BCUT2D eigenvalue weighted by molar-refractivity contribution is 0.436. The Morgan fingerprint density at radius 3 is 1.41 bits per heavy atom. The molecule has 0 saturated carbocycles. The van der Waals surface area contributed by atoms with Crippen molar-refractivity contribution in [1.29, 1.82) is 0 Å². The highest BCUT2D eigenvalue weighted by atomic mass is 32.0. The Hall–Kier alpha value is -1.87. The molecule has 4 rings (SSSR count). The van der Waals surface area contributed by atoms with E-state index in [-0.39, 0.29) is 0 Å². The molecule has 32 heavy (non-hydrogen) atoms. The highest BCUT2D eigenvalue weighted by Gasteiger charge is 2.47. The predicted octanol–water partition coefficient (Wildman–Crippen LogP) is 5.91. The Morgan fingerprint density at radius 1 is 0.656 bits per heavy atom. The molecule has 0 aromatic heterocycles. The van der Waals surface area contributed by atoms with Crippen LogP contribution in [0.25, 0.3) is 0 Å². The van der Waals surface area contributed by atoms with E-state index < -0.39 is 7.26 Å². The Bertz CT molecular complexity index is 976. The van der Waals surface area contributed by atoms with Gasteiger partial charge < -0.3 is 0 Å². The number of benzene rings is 4. The molecule has 0 aliphatic rings. The minimum Gasteiger partial charge on any atom is -0.277 e. The first-order valence-corrected chi connectivity index (χ1v) is 15.7. The van der Waals surface area contributed by atoms with Gasteiger partial charge in [0.05, 0.1) is 12.2 Å². The van der Waals surface area contributed by atoms with E-state index in [0.29, 0.717) is 14.5 Å². The van der Waals surface area contributed by atoms with Crippen LogP contribution < -0.4 is 15.9 Å². The SMILES string of the molecule is CN(PP)[C@@H](Cc1ccccc1)C[P+](c1ccccc1)(c1ccccc1)c1ccccc1. The third kappa shape index (κ3) is 5.20. The molecule has 0 fully saturated rings. The van der Waals surface area contributed by atoms with Crippen molar-refractivity contribution in [2.24, 2.45) is 0 Å². The van der Waals surface area contributed by atoms with E-state index in [4.69, 9.17) is 0 Å². The normalized spacial score (nSPS) is 13.0. The summed E-state index contributed by atoms with van der Waals surface area (Å²) in [4.78, 5) is 0. The highest BCUT2D eigenvalue weighted by Crippen LogP contribution is 2.56. The van der Waals surface area contributed by atoms with E-state index in [1.54, 1.807) is 0 Å². The van der Waals surface area contributed by atoms with Crippen molar-refractivity contribution in [1.82, 2.24) is 4.67 Å². The van der Waals surface area contributed by atoms with Crippen molar-refractivity contribution in [2.45, 2.75) is 12.5 Å². The summed E-state index contributed by atoms with van der Waals surface area (Å²) in [6.07, 6.45) is 2.16. The van der Waals surface area contributed by atoms with Crippen molar-refractivity contribution in [2.75, 3.05) is 13.2 Å². The maximum absolute atomic E-state index is 2.95. The van der Waals surface area contributed by atoms with Gasteiger partial charge in [0.1, 0.15) is 23.2 Å². The summed E-state index contributed by atoms with van der Waals surface area (Å²) in [7, 11) is 4.06. The molecule has 0 radical (unpaired) electrons. The predicted molar refractivity (Wildman–Crippen MR) is 150 cm³/mol. The van der Waals surface area contributed by atoms with E-state index in [9.17, 15) is 0 Å². The molecule has 1 nitrogen and oxygen atoms in total. The molecule has 0 aliphatic carbocycles. The zero-order chi connectivity index (χ0) is 22.2.